The summed E-state index contributed by atoms with van der Waals surface area (Å²) in [7, 11) is 0. The normalized spacial score (nSPS) is 11.9. The summed E-state index contributed by atoms with van der Waals surface area (Å²) in [6.07, 6.45) is 5.65. The highest BCUT2D eigenvalue weighted by molar-refractivity contribution is 7.10. The zero-order chi connectivity index (χ0) is 22.6. The van der Waals surface area contributed by atoms with Gasteiger partial charge in [0.1, 0.15) is 6.54 Å². The zero-order valence-electron chi connectivity index (χ0n) is 19.6. The molecule has 2 rings (SSSR count). The minimum absolute atomic E-state index is 0.0128. The monoisotopic (exact) mass is 442 g/mol. The van der Waals surface area contributed by atoms with Crippen molar-refractivity contribution in [2.75, 3.05) is 6.54 Å². The summed E-state index contributed by atoms with van der Waals surface area (Å²) >= 11 is 1.68. The highest BCUT2D eigenvalue weighted by Gasteiger charge is 2.25. The van der Waals surface area contributed by atoms with Gasteiger partial charge >= 0.3 is 0 Å². The summed E-state index contributed by atoms with van der Waals surface area (Å²) in [5, 5.41) is 2.07. The van der Waals surface area contributed by atoms with E-state index < -0.39 is 0 Å². The van der Waals surface area contributed by atoms with Crippen LogP contribution < -0.4 is 0 Å². The Balaban J connectivity index is 2.13. The molecule has 1 aromatic heterocycles. The first-order chi connectivity index (χ1) is 15.0. The van der Waals surface area contributed by atoms with Gasteiger partial charge < -0.3 is 9.80 Å². The number of benzene rings is 1. The molecule has 1 heterocycles. The van der Waals surface area contributed by atoms with E-state index >= 15 is 0 Å². The van der Waals surface area contributed by atoms with E-state index in [-0.39, 0.29) is 24.4 Å². The second kappa shape index (κ2) is 13.3. The summed E-state index contributed by atoms with van der Waals surface area (Å²) < 4.78 is 0. The molecule has 0 saturated heterocycles. The Bertz CT molecular complexity index is 803. The SMILES string of the molecule is CCCCCCC(=O)N(CC(=O)N(Cc1ccccc1)Cc1sccc1C)C(C)CC. The number of carbonyl (C=O) groups excluding carboxylic acids is 2. The lowest BCUT2D eigenvalue weighted by molar-refractivity contribution is -0.143. The summed E-state index contributed by atoms with van der Waals surface area (Å²) in [4.78, 5) is 31.3. The minimum atomic E-state index is 0.0128. The van der Waals surface area contributed by atoms with Gasteiger partial charge in [0.25, 0.3) is 0 Å². The average Bonchev–Trinajstić information content (AvgIpc) is 3.18. The highest BCUT2D eigenvalue weighted by atomic mass is 32.1. The molecule has 0 N–H and O–H groups in total. The van der Waals surface area contributed by atoms with E-state index in [1.54, 1.807) is 16.2 Å². The molecule has 4 nitrogen and oxygen atoms in total. The molecular formula is C26H38N2O2S. The van der Waals surface area contributed by atoms with Crippen LogP contribution >= 0.6 is 11.3 Å². The van der Waals surface area contributed by atoms with Crippen LogP contribution in [0, 0.1) is 6.92 Å². The molecule has 1 aromatic carbocycles. The lowest BCUT2D eigenvalue weighted by Gasteiger charge is -2.31. The molecule has 0 aliphatic heterocycles. The molecule has 0 bridgehead atoms. The Morgan fingerprint density at radius 1 is 0.968 bits per heavy atom. The Morgan fingerprint density at radius 2 is 1.71 bits per heavy atom. The largest absolute Gasteiger partial charge is 0.332 e. The van der Waals surface area contributed by atoms with E-state index in [4.69, 9.17) is 0 Å². The number of carbonyl (C=O) groups is 2. The Labute approximate surface area is 192 Å². The van der Waals surface area contributed by atoms with E-state index in [1.807, 2.05) is 42.2 Å². The van der Waals surface area contributed by atoms with Crippen molar-refractivity contribution in [3.05, 3.63) is 57.8 Å². The number of hydrogen-bond donors (Lipinski definition) is 0. The topological polar surface area (TPSA) is 40.6 Å². The van der Waals surface area contributed by atoms with Crippen molar-refractivity contribution in [1.82, 2.24) is 9.80 Å². The number of unbranched alkanes of at least 4 members (excludes halogenated alkanes) is 3. The molecule has 0 saturated carbocycles. The van der Waals surface area contributed by atoms with Gasteiger partial charge in [-0.2, -0.15) is 0 Å². The van der Waals surface area contributed by atoms with Crippen LogP contribution in [-0.4, -0.2) is 34.2 Å². The van der Waals surface area contributed by atoms with Crippen LogP contribution in [0.1, 0.15) is 75.3 Å². The van der Waals surface area contributed by atoms with Gasteiger partial charge in [0.05, 0.1) is 6.54 Å². The van der Waals surface area contributed by atoms with Crippen molar-refractivity contribution in [1.29, 1.82) is 0 Å². The first-order valence-corrected chi connectivity index (χ1v) is 12.5. The van der Waals surface area contributed by atoms with Crippen LogP contribution in [0.2, 0.25) is 0 Å². The number of hydrogen-bond acceptors (Lipinski definition) is 3. The molecule has 0 radical (unpaired) electrons. The van der Waals surface area contributed by atoms with Crippen LogP contribution in [-0.2, 0) is 22.7 Å². The molecule has 1 unspecified atom stereocenters. The molecule has 0 fully saturated rings. The second-order valence-corrected chi connectivity index (χ2v) is 9.35. The number of rotatable bonds is 13. The van der Waals surface area contributed by atoms with Crippen LogP contribution in [0.25, 0.3) is 0 Å². The third kappa shape index (κ3) is 8.13. The van der Waals surface area contributed by atoms with Crippen molar-refractivity contribution < 1.29 is 9.59 Å². The molecule has 1 atom stereocenters. The third-order valence-corrected chi connectivity index (χ3v) is 6.87. The van der Waals surface area contributed by atoms with Gasteiger partial charge in [-0.05, 0) is 49.3 Å². The van der Waals surface area contributed by atoms with E-state index in [2.05, 4.69) is 32.2 Å². The minimum Gasteiger partial charge on any atom is -0.332 e. The van der Waals surface area contributed by atoms with Crippen LogP contribution in [0.4, 0.5) is 0 Å². The number of amides is 2. The number of nitrogens with zero attached hydrogens (tertiary/aromatic N) is 2. The fourth-order valence-electron chi connectivity index (χ4n) is 3.58. The van der Waals surface area contributed by atoms with Crippen molar-refractivity contribution in [2.45, 2.75) is 85.4 Å². The van der Waals surface area contributed by atoms with Crippen molar-refractivity contribution in [3.8, 4) is 0 Å². The van der Waals surface area contributed by atoms with Gasteiger partial charge in [0.2, 0.25) is 11.8 Å². The first kappa shape index (κ1) is 25.1. The quantitative estimate of drug-likeness (QED) is 0.347. The average molecular weight is 443 g/mol. The lowest BCUT2D eigenvalue weighted by Crippen LogP contribution is -2.46. The molecule has 170 valence electrons. The van der Waals surface area contributed by atoms with Gasteiger partial charge in [0.15, 0.2) is 0 Å². The molecule has 2 aromatic rings. The number of thiophene rings is 1. The van der Waals surface area contributed by atoms with E-state index in [9.17, 15) is 9.59 Å². The van der Waals surface area contributed by atoms with Gasteiger partial charge in [0, 0.05) is 23.9 Å². The maximum atomic E-state index is 13.4. The Kier molecular flexibility index (Phi) is 10.8. The first-order valence-electron chi connectivity index (χ1n) is 11.6. The predicted molar refractivity (Wildman–Crippen MR) is 130 cm³/mol. The predicted octanol–water partition coefficient (Wildman–Crippen LogP) is 6.18. The molecule has 0 aliphatic rings. The fraction of sp³-hybridized carbons (Fsp3) is 0.538. The smallest absolute Gasteiger partial charge is 0.242 e. The Hall–Kier alpha value is -2.14. The third-order valence-electron chi connectivity index (χ3n) is 5.86. The maximum Gasteiger partial charge on any atom is 0.242 e. The van der Waals surface area contributed by atoms with Crippen molar-refractivity contribution >= 4 is 23.2 Å². The van der Waals surface area contributed by atoms with Gasteiger partial charge in [-0.15, -0.1) is 11.3 Å². The second-order valence-electron chi connectivity index (χ2n) is 8.35. The van der Waals surface area contributed by atoms with Crippen LogP contribution in [0.5, 0.6) is 0 Å². The lowest BCUT2D eigenvalue weighted by atomic mass is 10.1. The standard InChI is InChI=1S/C26H38N2O2S/c1-5-7-8-12-15-25(29)28(22(4)6-2)20-26(30)27(18-23-13-10-9-11-14-23)19-24-21(3)16-17-31-24/h9-11,13-14,16-17,22H,5-8,12,15,18-20H2,1-4H3. The van der Waals surface area contributed by atoms with Crippen LogP contribution in [0.3, 0.4) is 0 Å². The van der Waals surface area contributed by atoms with E-state index in [0.717, 1.165) is 37.7 Å². The molecular weight excluding hydrogens is 404 g/mol. The zero-order valence-corrected chi connectivity index (χ0v) is 20.4. The fourth-order valence-corrected chi connectivity index (χ4v) is 4.50. The highest BCUT2D eigenvalue weighted by Crippen LogP contribution is 2.20. The van der Waals surface area contributed by atoms with Crippen molar-refractivity contribution in [3.63, 3.8) is 0 Å². The summed E-state index contributed by atoms with van der Waals surface area (Å²) in [6, 6.07) is 12.2. The van der Waals surface area contributed by atoms with E-state index in [0.29, 0.717) is 19.5 Å². The molecule has 0 aliphatic carbocycles. The van der Waals surface area contributed by atoms with Crippen LogP contribution in [0.15, 0.2) is 41.8 Å². The summed E-state index contributed by atoms with van der Waals surface area (Å²) in [5.41, 5.74) is 2.31. The molecule has 31 heavy (non-hydrogen) atoms. The summed E-state index contributed by atoms with van der Waals surface area (Å²) in [5.74, 6) is 0.115. The summed E-state index contributed by atoms with van der Waals surface area (Å²) in [6.45, 7) is 9.65. The molecule has 0 spiro atoms. The molecule has 5 heteroatoms. The maximum absolute atomic E-state index is 13.4. The van der Waals surface area contributed by atoms with Gasteiger partial charge in [-0.1, -0.05) is 63.4 Å². The number of aryl methyl sites for hydroxylation is 1. The Morgan fingerprint density at radius 3 is 2.32 bits per heavy atom. The van der Waals surface area contributed by atoms with Crippen molar-refractivity contribution in [2.24, 2.45) is 0 Å². The van der Waals surface area contributed by atoms with E-state index in [1.165, 1.54) is 10.4 Å². The molecule has 2 amide bonds. The van der Waals surface area contributed by atoms with Gasteiger partial charge in [-0.3, -0.25) is 9.59 Å². The van der Waals surface area contributed by atoms with Gasteiger partial charge in [-0.25, -0.2) is 0 Å².